The number of carboxylic acids is 1. The van der Waals surface area contributed by atoms with E-state index in [0.29, 0.717) is 81.3 Å². The standard InChI is InChI=1S/2C22H26N2O2.C21H25NO4.C19H23NO2/c1-22(2,3)17-9-4-15(5-10-17)6-12-20(25)23-18-11-7-16-8-13-21(26)24-19(16)14-18;1-22(2,3)17-8-4-15(5-9-17)6-12-20(25)23-18-10-11-19-16(14-18)7-13-21(26)24-19;1-21(2,3)16-10-7-15(8-11-16)9-12-19(23)22-17-5-4-6-18(13-17)26-14-20(24)25;1-19(2,3)15-10-7-14(8-11-15)9-12-18(22)20-16-5-4-6-17(21)13-16/h4-5,7,9-11,14H,6,8,12-13H2,1-3H3,(H,23,25)(H,24,26);4-5,8-11,14H,6-7,12-13H2,1-3H3,(H,23,25)(H,24,26);4-8,10-11,13H,9,12,14H2,1-3H3,(H,22,23)(H,24,25);4-8,10-11,13,21H,9,12H2,1-3H3,(H,20,22). The topological polar surface area (TPSA) is 241 Å². The van der Waals surface area contributed by atoms with E-state index in [1.807, 2.05) is 36.4 Å². The summed E-state index contributed by atoms with van der Waals surface area (Å²) in [7, 11) is 0. The zero-order valence-corrected chi connectivity index (χ0v) is 60.2. The van der Waals surface area contributed by atoms with E-state index in [1.54, 1.807) is 42.5 Å². The summed E-state index contributed by atoms with van der Waals surface area (Å²) >= 11 is 0. The molecule has 0 fully saturated rings. The van der Waals surface area contributed by atoms with Crippen molar-refractivity contribution in [2.24, 2.45) is 0 Å². The van der Waals surface area contributed by atoms with E-state index >= 15 is 0 Å². The van der Waals surface area contributed by atoms with E-state index < -0.39 is 12.6 Å². The molecule has 0 unspecified atom stereocenters. The number of phenols is 1. The average Bonchev–Trinajstić information content (AvgIpc) is 0.845. The van der Waals surface area contributed by atoms with E-state index in [9.17, 15) is 38.7 Å². The van der Waals surface area contributed by atoms with Crippen molar-refractivity contribution in [1.29, 1.82) is 0 Å². The molecule has 526 valence electrons. The summed E-state index contributed by atoms with van der Waals surface area (Å²) < 4.78 is 5.11. The SMILES string of the molecule is CC(C)(C)c1ccc(CCC(=O)Nc2ccc3c(c2)CCC(=O)N3)cc1.CC(C)(C)c1ccc(CCC(=O)Nc2ccc3c(c2)NC(=O)CC3)cc1.CC(C)(C)c1ccc(CCC(=O)Nc2cccc(O)c2)cc1.CC(C)(C)c1ccc(CCC(=O)Nc2cccc(OCC(=O)O)c2)cc1. The van der Waals surface area contributed by atoms with E-state index in [2.05, 4.69) is 212 Å². The maximum Gasteiger partial charge on any atom is 0.341 e. The van der Waals surface area contributed by atoms with Crippen LogP contribution in [0.25, 0.3) is 0 Å². The van der Waals surface area contributed by atoms with Crippen LogP contribution >= 0.6 is 0 Å². The fourth-order valence-electron chi connectivity index (χ4n) is 10.9. The fraction of sp³-hybridized carbons (Fsp3) is 0.345. The molecule has 0 spiro atoms. The van der Waals surface area contributed by atoms with Crippen LogP contribution in [0.3, 0.4) is 0 Å². The molecule has 8 aromatic rings. The number of carbonyl (C=O) groups is 7. The van der Waals surface area contributed by atoms with Crippen molar-refractivity contribution in [3.8, 4) is 11.5 Å². The van der Waals surface area contributed by atoms with Gasteiger partial charge in [-0.3, -0.25) is 28.8 Å². The highest BCUT2D eigenvalue weighted by Crippen LogP contribution is 2.30. The highest BCUT2D eigenvalue weighted by atomic mass is 16.5. The molecule has 8 N–H and O–H groups in total. The molecular weight excluding hydrogens is 1250 g/mol. The summed E-state index contributed by atoms with van der Waals surface area (Å²) in [5, 5.41) is 35.2. The molecule has 0 atom stereocenters. The first kappa shape index (κ1) is 77.0. The number of aryl methyl sites for hydroxylation is 6. The van der Waals surface area contributed by atoms with Gasteiger partial charge in [0.25, 0.3) is 0 Å². The van der Waals surface area contributed by atoms with Gasteiger partial charge in [-0.1, -0.05) is 198 Å². The zero-order valence-electron chi connectivity index (χ0n) is 60.2. The molecule has 6 amide bonds. The van der Waals surface area contributed by atoms with Gasteiger partial charge in [-0.05, 0) is 170 Å². The number of benzene rings is 8. The monoisotopic (exact) mass is 1350 g/mol. The predicted molar refractivity (Wildman–Crippen MR) is 403 cm³/mol. The minimum Gasteiger partial charge on any atom is -0.508 e. The number of nitrogens with one attached hydrogen (secondary N) is 6. The third-order valence-electron chi connectivity index (χ3n) is 17.0. The van der Waals surface area contributed by atoms with Crippen LogP contribution in [0.4, 0.5) is 34.1 Å². The van der Waals surface area contributed by atoms with Gasteiger partial charge in [0, 0.05) is 84.8 Å². The van der Waals surface area contributed by atoms with Crippen molar-refractivity contribution >= 4 is 75.5 Å². The first-order valence-corrected chi connectivity index (χ1v) is 34.4. The smallest absolute Gasteiger partial charge is 0.341 e. The number of rotatable bonds is 19. The quantitative estimate of drug-likeness (QED) is 0.0381. The summed E-state index contributed by atoms with van der Waals surface area (Å²) in [6.45, 7) is 25.8. The molecule has 0 aliphatic carbocycles. The molecular formula is C84H100N6O10. The van der Waals surface area contributed by atoms with Crippen LogP contribution in [0.15, 0.2) is 182 Å². The van der Waals surface area contributed by atoms with E-state index in [-0.39, 0.29) is 62.9 Å². The fourth-order valence-corrected chi connectivity index (χ4v) is 10.9. The number of anilines is 6. The van der Waals surface area contributed by atoms with Crippen LogP contribution < -0.4 is 36.6 Å². The Kier molecular flexibility index (Phi) is 27.3. The van der Waals surface area contributed by atoms with Crippen LogP contribution in [-0.4, -0.2) is 58.2 Å². The van der Waals surface area contributed by atoms with Crippen LogP contribution in [0.5, 0.6) is 11.5 Å². The Labute approximate surface area is 590 Å². The van der Waals surface area contributed by atoms with E-state index in [4.69, 9.17) is 9.84 Å². The van der Waals surface area contributed by atoms with Gasteiger partial charge in [-0.2, -0.15) is 0 Å². The minimum atomic E-state index is -1.04. The maximum absolute atomic E-state index is 12.3. The van der Waals surface area contributed by atoms with Crippen molar-refractivity contribution in [2.75, 3.05) is 38.5 Å². The number of carboxylic acid groups (broad SMARTS) is 1. The number of aliphatic carboxylic acids is 1. The van der Waals surface area contributed by atoms with E-state index in [1.165, 1.54) is 33.9 Å². The number of hydrogen-bond acceptors (Lipinski definition) is 9. The molecule has 10 rings (SSSR count). The van der Waals surface area contributed by atoms with Crippen LogP contribution in [-0.2, 0) is 93.7 Å². The maximum atomic E-state index is 12.3. The summed E-state index contributed by atoms with van der Waals surface area (Å²) in [6.07, 6.45) is 6.93. The van der Waals surface area contributed by atoms with Gasteiger partial charge in [0.1, 0.15) is 11.5 Å². The van der Waals surface area contributed by atoms with Gasteiger partial charge in [-0.15, -0.1) is 0 Å². The average molecular weight is 1350 g/mol. The predicted octanol–water partition coefficient (Wildman–Crippen LogP) is 17.2. The molecule has 0 radical (unpaired) electrons. The van der Waals surface area contributed by atoms with E-state index in [0.717, 1.165) is 63.4 Å². The first-order valence-electron chi connectivity index (χ1n) is 34.4. The Bertz CT molecular complexity index is 4100. The lowest BCUT2D eigenvalue weighted by Crippen LogP contribution is -2.19. The van der Waals surface area contributed by atoms with Crippen LogP contribution in [0, 0.1) is 0 Å². The molecule has 8 aromatic carbocycles. The normalized spacial score (nSPS) is 12.5. The molecule has 0 saturated carbocycles. The Balaban J connectivity index is 0.000000188. The second-order valence-electron chi connectivity index (χ2n) is 29.6. The third kappa shape index (κ3) is 26.1. The lowest BCUT2D eigenvalue weighted by atomic mass is 9.86. The Morgan fingerprint density at radius 3 is 1.10 bits per heavy atom. The Hall–Kier alpha value is -10.4. The van der Waals surface area contributed by atoms with Gasteiger partial charge in [0.2, 0.25) is 35.4 Å². The van der Waals surface area contributed by atoms with Crippen LogP contribution in [0.1, 0.15) is 177 Å². The molecule has 0 aromatic heterocycles. The molecule has 16 heteroatoms. The second-order valence-corrected chi connectivity index (χ2v) is 29.6. The number of hydrogen-bond donors (Lipinski definition) is 8. The third-order valence-corrected chi connectivity index (χ3v) is 17.0. The largest absolute Gasteiger partial charge is 0.508 e. The number of fused-ring (bicyclic) bond motifs is 2. The van der Waals surface area contributed by atoms with Gasteiger partial charge in [-0.25, -0.2) is 4.79 Å². The minimum absolute atomic E-state index is 0.00435. The van der Waals surface area contributed by atoms with Gasteiger partial charge in [0.05, 0.1) is 0 Å². The highest BCUT2D eigenvalue weighted by molar-refractivity contribution is 5.97. The van der Waals surface area contributed by atoms with Crippen molar-refractivity contribution in [3.63, 3.8) is 0 Å². The molecule has 16 nitrogen and oxygen atoms in total. The van der Waals surface area contributed by atoms with Gasteiger partial charge >= 0.3 is 5.97 Å². The summed E-state index contributed by atoms with van der Waals surface area (Å²) in [4.78, 5) is 82.0. The molecule has 100 heavy (non-hydrogen) atoms. The number of aromatic hydroxyl groups is 1. The molecule has 0 saturated heterocycles. The Morgan fingerprint density at radius 2 is 0.720 bits per heavy atom. The highest BCUT2D eigenvalue weighted by Gasteiger charge is 2.20. The number of carbonyl (C=O) groups excluding carboxylic acids is 6. The van der Waals surface area contributed by atoms with Crippen molar-refractivity contribution in [1.82, 2.24) is 0 Å². The van der Waals surface area contributed by atoms with Crippen LogP contribution in [0.2, 0.25) is 0 Å². The van der Waals surface area contributed by atoms with Crippen molar-refractivity contribution in [3.05, 3.63) is 238 Å². The zero-order chi connectivity index (χ0) is 72.8. The molecule has 0 bridgehead atoms. The van der Waals surface area contributed by atoms with Gasteiger partial charge in [0.15, 0.2) is 6.61 Å². The second kappa shape index (κ2) is 35.4. The summed E-state index contributed by atoms with van der Waals surface area (Å²) in [5.74, 6) is -0.579. The summed E-state index contributed by atoms with van der Waals surface area (Å²) in [6, 6.07) is 58.4. The summed E-state index contributed by atoms with van der Waals surface area (Å²) in [5.41, 5.74) is 16.8. The molecule has 2 heterocycles. The lowest BCUT2D eigenvalue weighted by molar-refractivity contribution is -0.139. The van der Waals surface area contributed by atoms with Gasteiger partial charge < -0.3 is 46.9 Å². The number of ether oxygens (including phenoxy) is 1. The first-order chi connectivity index (χ1) is 47.2. The molecule has 2 aliphatic heterocycles. The van der Waals surface area contributed by atoms with Crippen molar-refractivity contribution < 1.29 is 48.5 Å². The number of phenolic OH excluding ortho intramolecular Hbond substituents is 1. The Morgan fingerprint density at radius 1 is 0.380 bits per heavy atom. The lowest BCUT2D eigenvalue weighted by Gasteiger charge is -2.19. The molecule has 2 aliphatic rings. The number of amides is 6. The van der Waals surface area contributed by atoms with Crippen molar-refractivity contribution in [2.45, 2.75) is 182 Å².